The van der Waals surface area contributed by atoms with Gasteiger partial charge in [-0.3, -0.25) is 14.3 Å². The van der Waals surface area contributed by atoms with Crippen LogP contribution in [0, 0.1) is 5.92 Å². The van der Waals surface area contributed by atoms with Crippen LogP contribution in [0.2, 0.25) is 5.02 Å². The van der Waals surface area contributed by atoms with Crippen LogP contribution < -0.4 is 16.0 Å². The van der Waals surface area contributed by atoms with Gasteiger partial charge in [0.15, 0.2) is 5.82 Å². The van der Waals surface area contributed by atoms with Crippen LogP contribution in [-0.2, 0) is 11.2 Å². The van der Waals surface area contributed by atoms with Gasteiger partial charge in [0.2, 0.25) is 0 Å². The molecular formula is C25H30ClN5O4. The Balaban J connectivity index is 1.22. The minimum atomic E-state index is -0.555. The molecule has 2 aliphatic rings. The van der Waals surface area contributed by atoms with Gasteiger partial charge in [-0.15, -0.1) is 0 Å². The zero-order chi connectivity index (χ0) is 24.2. The molecule has 2 aromatic heterocycles. The van der Waals surface area contributed by atoms with Crippen LogP contribution in [0.4, 0.5) is 5.82 Å². The van der Waals surface area contributed by atoms with Crippen molar-refractivity contribution in [2.45, 2.75) is 51.0 Å². The molecule has 5 rings (SSSR count). The largest absolute Gasteiger partial charge is 0.438 e. The van der Waals surface area contributed by atoms with Crippen LogP contribution in [0.15, 0.2) is 33.6 Å². The van der Waals surface area contributed by atoms with Gasteiger partial charge in [-0.1, -0.05) is 36.0 Å². The molecule has 0 bridgehead atoms. The second-order valence-electron chi connectivity index (χ2n) is 9.39. The first kappa shape index (κ1) is 23.8. The number of hydrogen-bond acceptors (Lipinski definition) is 7. The zero-order valence-corrected chi connectivity index (χ0v) is 20.4. The Morgan fingerprint density at radius 2 is 2.06 bits per heavy atom. The van der Waals surface area contributed by atoms with Crippen molar-refractivity contribution in [3.63, 3.8) is 0 Å². The van der Waals surface area contributed by atoms with E-state index in [9.17, 15) is 9.59 Å². The van der Waals surface area contributed by atoms with Crippen molar-refractivity contribution in [2.24, 2.45) is 5.92 Å². The molecular weight excluding hydrogens is 470 g/mol. The van der Waals surface area contributed by atoms with Crippen LogP contribution in [-0.4, -0.2) is 53.4 Å². The fraction of sp³-hybridized carbons (Fsp3) is 0.520. The summed E-state index contributed by atoms with van der Waals surface area (Å²) in [6.07, 6.45) is 7.57. The molecule has 1 aromatic carbocycles. The number of rotatable bonds is 8. The van der Waals surface area contributed by atoms with E-state index in [1.807, 2.05) is 18.2 Å². The molecule has 1 atom stereocenters. The first-order valence-corrected chi connectivity index (χ1v) is 12.7. The molecule has 0 unspecified atom stereocenters. The number of carbonyl (C=O) groups excluding carboxylic acids is 1. The molecule has 1 aliphatic carbocycles. The zero-order valence-electron chi connectivity index (χ0n) is 19.6. The number of carbonyl (C=O) groups is 1. The van der Waals surface area contributed by atoms with Crippen molar-refractivity contribution in [2.75, 3.05) is 31.1 Å². The van der Waals surface area contributed by atoms with Gasteiger partial charge in [0.05, 0.1) is 28.8 Å². The minimum absolute atomic E-state index is 0.0671. The predicted octanol–water partition coefficient (Wildman–Crippen LogP) is 3.71. The number of nitrogens with zero attached hydrogens (tertiary/aromatic N) is 3. The van der Waals surface area contributed by atoms with E-state index in [1.165, 1.54) is 32.1 Å². The molecule has 2 fully saturated rings. The SMILES string of the molecule is O=C(NCC1CCCCC1)c1c(Cl)ccc2nc(N3CC[C@H](OCCc4noc(=O)[nH]4)C3)ccc12. The number of aromatic amines is 1. The Morgan fingerprint density at radius 3 is 2.86 bits per heavy atom. The molecule has 9 nitrogen and oxygen atoms in total. The van der Waals surface area contributed by atoms with Crippen LogP contribution in [0.25, 0.3) is 10.9 Å². The van der Waals surface area contributed by atoms with Crippen molar-refractivity contribution in [1.29, 1.82) is 0 Å². The minimum Gasteiger partial charge on any atom is -0.376 e. The van der Waals surface area contributed by atoms with E-state index in [2.05, 4.69) is 24.9 Å². The summed E-state index contributed by atoms with van der Waals surface area (Å²) in [5.74, 6) is 1.19. The van der Waals surface area contributed by atoms with Crippen molar-refractivity contribution in [3.05, 3.63) is 51.2 Å². The van der Waals surface area contributed by atoms with Gasteiger partial charge in [-0.25, -0.2) is 9.78 Å². The molecule has 3 aromatic rings. The fourth-order valence-electron chi connectivity index (χ4n) is 5.05. The Bertz CT molecular complexity index is 1240. The highest BCUT2D eigenvalue weighted by Gasteiger charge is 2.25. The van der Waals surface area contributed by atoms with E-state index in [1.54, 1.807) is 6.07 Å². The Kier molecular flexibility index (Phi) is 7.34. The summed E-state index contributed by atoms with van der Waals surface area (Å²) < 4.78 is 10.5. The molecule has 1 saturated heterocycles. The topological polar surface area (TPSA) is 113 Å². The Hall–Kier alpha value is -2.91. The van der Waals surface area contributed by atoms with E-state index in [4.69, 9.17) is 21.3 Å². The van der Waals surface area contributed by atoms with Crippen molar-refractivity contribution < 1.29 is 14.1 Å². The number of ether oxygens (including phenoxy) is 1. The number of halogens is 1. The molecule has 2 N–H and O–H groups in total. The normalized spacial score (nSPS) is 18.9. The first-order valence-electron chi connectivity index (χ1n) is 12.4. The van der Waals surface area contributed by atoms with Crippen LogP contribution in [0.3, 0.4) is 0 Å². The number of benzene rings is 1. The maximum Gasteiger partial charge on any atom is 0.438 e. The lowest BCUT2D eigenvalue weighted by atomic mass is 9.89. The number of hydrogen-bond donors (Lipinski definition) is 2. The molecule has 1 saturated carbocycles. The summed E-state index contributed by atoms with van der Waals surface area (Å²) in [4.78, 5) is 33.6. The van der Waals surface area contributed by atoms with E-state index in [0.29, 0.717) is 41.9 Å². The van der Waals surface area contributed by atoms with Gasteiger partial charge in [0, 0.05) is 31.4 Å². The van der Waals surface area contributed by atoms with Gasteiger partial charge in [-0.05, 0) is 49.4 Å². The molecule has 35 heavy (non-hydrogen) atoms. The quantitative estimate of drug-likeness (QED) is 0.485. The summed E-state index contributed by atoms with van der Waals surface area (Å²) in [7, 11) is 0. The molecule has 0 radical (unpaired) electrons. The lowest BCUT2D eigenvalue weighted by molar-refractivity contribution is 0.0694. The third kappa shape index (κ3) is 5.67. The molecule has 1 aliphatic heterocycles. The van der Waals surface area contributed by atoms with Gasteiger partial charge in [-0.2, -0.15) is 0 Å². The van der Waals surface area contributed by atoms with E-state index < -0.39 is 5.76 Å². The maximum absolute atomic E-state index is 13.0. The van der Waals surface area contributed by atoms with E-state index in [0.717, 1.165) is 36.2 Å². The molecule has 1 amide bonds. The highest BCUT2D eigenvalue weighted by Crippen LogP contribution is 2.29. The molecule has 3 heterocycles. The lowest BCUT2D eigenvalue weighted by Gasteiger charge is -2.22. The highest BCUT2D eigenvalue weighted by molar-refractivity contribution is 6.35. The van der Waals surface area contributed by atoms with Crippen LogP contribution in [0.1, 0.15) is 54.7 Å². The smallest absolute Gasteiger partial charge is 0.376 e. The van der Waals surface area contributed by atoms with Gasteiger partial charge < -0.3 is 15.0 Å². The molecule has 186 valence electrons. The van der Waals surface area contributed by atoms with Gasteiger partial charge >= 0.3 is 5.76 Å². The average Bonchev–Trinajstić information content (AvgIpc) is 3.52. The second-order valence-corrected chi connectivity index (χ2v) is 9.80. The van der Waals surface area contributed by atoms with Crippen molar-refractivity contribution in [1.82, 2.24) is 20.4 Å². The Morgan fingerprint density at radius 1 is 1.20 bits per heavy atom. The van der Waals surface area contributed by atoms with Gasteiger partial charge in [0.1, 0.15) is 5.82 Å². The molecule has 0 spiro atoms. The summed E-state index contributed by atoms with van der Waals surface area (Å²) in [5, 5.41) is 7.95. The van der Waals surface area contributed by atoms with Crippen LogP contribution in [0.5, 0.6) is 0 Å². The summed E-state index contributed by atoms with van der Waals surface area (Å²) in [6, 6.07) is 7.50. The number of fused-ring (bicyclic) bond motifs is 1. The van der Waals surface area contributed by atoms with Gasteiger partial charge in [0.25, 0.3) is 5.91 Å². The monoisotopic (exact) mass is 499 g/mol. The van der Waals surface area contributed by atoms with Crippen molar-refractivity contribution >= 4 is 34.2 Å². The highest BCUT2D eigenvalue weighted by atomic mass is 35.5. The third-order valence-corrected chi connectivity index (χ3v) is 7.27. The number of pyridine rings is 1. The number of H-pyrrole nitrogens is 1. The van der Waals surface area contributed by atoms with E-state index in [-0.39, 0.29) is 12.0 Å². The summed E-state index contributed by atoms with van der Waals surface area (Å²) >= 11 is 6.45. The predicted molar refractivity (Wildman–Crippen MR) is 133 cm³/mol. The second kappa shape index (κ2) is 10.8. The lowest BCUT2D eigenvalue weighted by Crippen LogP contribution is -2.30. The number of aromatic nitrogens is 3. The third-order valence-electron chi connectivity index (χ3n) is 6.96. The number of amides is 1. The maximum atomic E-state index is 13.0. The number of nitrogens with one attached hydrogen (secondary N) is 2. The molecule has 10 heteroatoms. The van der Waals surface area contributed by atoms with Crippen LogP contribution >= 0.6 is 11.6 Å². The average molecular weight is 500 g/mol. The first-order chi connectivity index (χ1) is 17.1. The van der Waals surface area contributed by atoms with E-state index >= 15 is 0 Å². The summed E-state index contributed by atoms with van der Waals surface area (Å²) in [5.41, 5.74) is 1.24. The van der Waals surface area contributed by atoms with Crippen molar-refractivity contribution in [3.8, 4) is 0 Å². The number of anilines is 1. The Labute approximate surface area is 208 Å². The summed E-state index contributed by atoms with van der Waals surface area (Å²) in [6.45, 7) is 2.69. The standard InChI is InChI=1S/C25H30ClN5O4/c26-19-7-8-20-18(23(19)24(32)27-14-16-4-2-1-3-5-16)6-9-22(28-20)31-12-10-17(15-31)34-13-11-21-29-25(33)35-30-21/h6-9,16-17H,1-5,10-15H2,(H,27,32)(H,29,30,33)/t17-/m0/s1. The fourth-order valence-corrected chi connectivity index (χ4v) is 5.30.